The molecule has 0 unspecified atom stereocenters. The number of carbonyl (C=O) groups is 1. The van der Waals surface area contributed by atoms with Gasteiger partial charge in [0.05, 0.1) is 0 Å². The van der Waals surface area contributed by atoms with E-state index in [-0.39, 0.29) is 5.75 Å². The minimum absolute atomic E-state index is 0.132. The largest absolute Gasteiger partial charge is 0.508 e. The SMILES string of the molecule is CC(C)(C(=O)O)c1cc2cc(O)ccc2o1. The molecule has 84 valence electrons. The zero-order chi connectivity index (χ0) is 11.9. The normalized spacial score (nSPS) is 11.9. The third kappa shape index (κ3) is 1.52. The second-order valence-electron chi connectivity index (χ2n) is 4.26. The number of hydrogen-bond acceptors (Lipinski definition) is 3. The van der Waals surface area contributed by atoms with Gasteiger partial charge in [0.1, 0.15) is 22.5 Å². The molecule has 0 atom stereocenters. The smallest absolute Gasteiger partial charge is 0.316 e. The van der Waals surface area contributed by atoms with E-state index < -0.39 is 11.4 Å². The van der Waals surface area contributed by atoms with Crippen LogP contribution in [-0.4, -0.2) is 16.2 Å². The Morgan fingerprint density at radius 2 is 2.00 bits per heavy atom. The fourth-order valence-electron chi connectivity index (χ4n) is 1.44. The third-order valence-corrected chi connectivity index (χ3v) is 2.65. The van der Waals surface area contributed by atoms with Gasteiger partial charge in [0, 0.05) is 5.39 Å². The lowest BCUT2D eigenvalue weighted by molar-refractivity contribution is -0.143. The summed E-state index contributed by atoms with van der Waals surface area (Å²) < 4.78 is 5.46. The van der Waals surface area contributed by atoms with Crippen LogP contribution in [0.3, 0.4) is 0 Å². The number of carboxylic acid groups (broad SMARTS) is 1. The van der Waals surface area contributed by atoms with Crippen molar-refractivity contribution < 1.29 is 19.4 Å². The summed E-state index contributed by atoms with van der Waals surface area (Å²) in [5, 5.41) is 19.1. The molecule has 0 amide bonds. The van der Waals surface area contributed by atoms with Gasteiger partial charge in [-0.15, -0.1) is 0 Å². The number of hydrogen-bond donors (Lipinski definition) is 2. The molecule has 4 heteroatoms. The van der Waals surface area contributed by atoms with Crippen LogP contribution >= 0.6 is 0 Å². The van der Waals surface area contributed by atoms with E-state index in [1.165, 1.54) is 6.07 Å². The van der Waals surface area contributed by atoms with E-state index in [0.29, 0.717) is 16.7 Å². The van der Waals surface area contributed by atoms with Crippen molar-refractivity contribution in [1.29, 1.82) is 0 Å². The average molecular weight is 220 g/mol. The lowest BCUT2D eigenvalue weighted by Gasteiger charge is -2.15. The Balaban J connectivity index is 2.59. The van der Waals surface area contributed by atoms with E-state index in [4.69, 9.17) is 9.52 Å². The second-order valence-corrected chi connectivity index (χ2v) is 4.26. The Kier molecular flexibility index (Phi) is 2.15. The molecule has 1 aromatic heterocycles. The molecule has 0 saturated heterocycles. The average Bonchev–Trinajstić information content (AvgIpc) is 2.60. The van der Waals surface area contributed by atoms with Gasteiger partial charge in [-0.05, 0) is 38.1 Å². The molecule has 1 aromatic carbocycles. The Hall–Kier alpha value is -1.97. The number of rotatable bonds is 2. The van der Waals surface area contributed by atoms with Crippen LogP contribution in [0.25, 0.3) is 11.0 Å². The molecule has 2 aromatic rings. The number of benzene rings is 1. The highest BCUT2D eigenvalue weighted by Crippen LogP contribution is 2.31. The highest BCUT2D eigenvalue weighted by Gasteiger charge is 2.33. The van der Waals surface area contributed by atoms with Crippen LogP contribution in [-0.2, 0) is 10.2 Å². The molecule has 0 radical (unpaired) electrons. The van der Waals surface area contributed by atoms with Gasteiger partial charge < -0.3 is 14.6 Å². The van der Waals surface area contributed by atoms with Crippen molar-refractivity contribution >= 4 is 16.9 Å². The second kappa shape index (κ2) is 3.27. The fourth-order valence-corrected chi connectivity index (χ4v) is 1.44. The summed E-state index contributed by atoms with van der Waals surface area (Å²) in [6.45, 7) is 3.15. The summed E-state index contributed by atoms with van der Waals surface area (Å²) in [7, 11) is 0. The first-order valence-corrected chi connectivity index (χ1v) is 4.87. The van der Waals surface area contributed by atoms with Gasteiger partial charge in [-0.3, -0.25) is 4.79 Å². The molecule has 0 spiro atoms. The number of aromatic hydroxyl groups is 1. The first-order chi connectivity index (χ1) is 7.41. The molecule has 0 bridgehead atoms. The summed E-state index contributed by atoms with van der Waals surface area (Å²) in [5.74, 6) is -0.440. The van der Waals surface area contributed by atoms with Gasteiger partial charge >= 0.3 is 5.97 Å². The molecule has 0 aliphatic heterocycles. The van der Waals surface area contributed by atoms with E-state index in [9.17, 15) is 9.90 Å². The van der Waals surface area contributed by atoms with E-state index in [1.54, 1.807) is 32.0 Å². The van der Waals surface area contributed by atoms with Crippen molar-refractivity contribution in [3.63, 3.8) is 0 Å². The first-order valence-electron chi connectivity index (χ1n) is 4.87. The summed E-state index contributed by atoms with van der Waals surface area (Å²) in [5.41, 5.74) is -0.503. The van der Waals surface area contributed by atoms with E-state index in [1.807, 2.05) is 0 Å². The Morgan fingerprint density at radius 1 is 1.31 bits per heavy atom. The van der Waals surface area contributed by atoms with E-state index in [2.05, 4.69) is 0 Å². The number of phenolic OH excluding ortho intramolecular Hbond substituents is 1. The van der Waals surface area contributed by atoms with Crippen molar-refractivity contribution in [1.82, 2.24) is 0 Å². The summed E-state index contributed by atoms with van der Waals surface area (Å²) in [6, 6.07) is 6.30. The fraction of sp³-hybridized carbons (Fsp3) is 0.250. The number of furan rings is 1. The van der Waals surface area contributed by atoms with Crippen LogP contribution in [0.4, 0.5) is 0 Å². The first kappa shape index (κ1) is 10.5. The molecular weight excluding hydrogens is 208 g/mol. The van der Waals surface area contributed by atoms with Gasteiger partial charge in [-0.25, -0.2) is 0 Å². The molecule has 0 saturated carbocycles. The zero-order valence-electron chi connectivity index (χ0n) is 9.02. The maximum Gasteiger partial charge on any atom is 0.316 e. The molecule has 0 aliphatic rings. The molecular formula is C12H12O4. The van der Waals surface area contributed by atoms with Gasteiger partial charge in [-0.1, -0.05) is 0 Å². The van der Waals surface area contributed by atoms with Crippen LogP contribution in [0.2, 0.25) is 0 Å². The number of phenols is 1. The molecule has 2 N–H and O–H groups in total. The summed E-state index contributed by atoms with van der Waals surface area (Å²) >= 11 is 0. The highest BCUT2D eigenvalue weighted by atomic mass is 16.4. The van der Waals surface area contributed by atoms with Gasteiger partial charge in [0.25, 0.3) is 0 Å². The summed E-state index contributed by atoms with van der Waals surface area (Å²) in [6.07, 6.45) is 0. The van der Waals surface area contributed by atoms with Crippen LogP contribution in [0, 0.1) is 0 Å². The highest BCUT2D eigenvalue weighted by molar-refractivity contribution is 5.84. The van der Waals surface area contributed by atoms with E-state index >= 15 is 0 Å². The van der Waals surface area contributed by atoms with Crippen molar-refractivity contribution in [2.75, 3.05) is 0 Å². The standard InChI is InChI=1S/C12H12O4/c1-12(2,11(14)15)10-6-7-5-8(13)3-4-9(7)16-10/h3-6,13H,1-2H3,(H,14,15). The molecule has 0 fully saturated rings. The maximum absolute atomic E-state index is 11.1. The van der Waals surface area contributed by atoms with Crippen LogP contribution < -0.4 is 0 Å². The Labute approximate surface area is 92.1 Å². The van der Waals surface area contributed by atoms with E-state index in [0.717, 1.165) is 0 Å². The predicted molar refractivity (Wildman–Crippen MR) is 58.5 cm³/mol. The predicted octanol–water partition coefficient (Wildman–Crippen LogP) is 2.50. The quantitative estimate of drug-likeness (QED) is 0.815. The topological polar surface area (TPSA) is 70.7 Å². The molecule has 16 heavy (non-hydrogen) atoms. The number of aliphatic carboxylic acids is 1. The minimum Gasteiger partial charge on any atom is -0.508 e. The van der Waals surface area contributed by atoms with Crippen molar-refractivity contribution in [2.45, 2.75) is 19.3 Å². The zero-order valence-corrected chi connectivity index (χ0v) is 9.02. The lowest BCUT2D eigenvalue weighted by Crippen LogP contribution is -2.27. The van der Waals surface area contributed by atoms with Crippen LogP contribution in [0.1, 0.15) is 19.6 Å². The molecule has 4 nitrogen and oxygen atoms in total. The van der Waals surface area contributed by atoms with Gasteiger partial charge in [0.2, 0.25) is 0 Å². The van der Waals surface area contributed by atoms with Gasteiger partial charge in [0.15, 0.2) is 0 Å². The Bertz CT molecular complexity index is 551. The number of fused-ring (bicyclic) bond motifs is 1. The monoisotopic (exact) mass is 220 g/mol. The molecule has 0 aliphatic carbocycles. The minimum atomic E-state index is -1.07. The summed E-state index contributed by atoms with van der Waals surface area (Å²) in [4.78, 5) is 11.1. The third-order valence-electron chi connectivity index (χ3n) is 2.65. The van der Waals surface area contributed by atoms with Crippen molar-refractivity contribution in [3.8, 4) is 5.75 Å². The lowest BCUT2D eigenvalue weighted by atomic mass is 9.90. The van der Waals surface area contributed by atoms with Crippen LogP contribution in [0.15, 0.2) is 28.7 Å². The van der Waals surface area contributed by atoms with Crippen molar-refractivity contribution in [3.05, 3.63) is 30.0 Å². The maximum atomic E-state index is 11.1. The molecule has 1 heterocycles. The van der Waals surface area contributed by atoms with Crippen LogP contribution in [0.5, 0.6) is 5.75 Å². The van der Waals surface area contributed by atoms with Crippen molar-refractivity contribution in [2.24, 2.45) is 0 Å². The number of carboxylic acids is 1. The van der Waals surface area contributed by atoms with Gasteiger partial charge in [-0.2, -0.15) is 0 Å². The molecule has 2 rings (SSSR count). The Morgan fingerprint density at radius 3 is 2.62 bits per heavy atom.